The van der Waals surface area contributed by atoms with E-state index in [-0.39, 0.29) is 0 Å². The van der Waals surface area contributed by atoms with Crippen molar-refractivity contribution in [2.45, 2.75) is 44.4 Å². The van der Waals surface area contributed by atoms with Gasteiger partial charge in [-0.1, -0.05) is 24.6 Å². The summed E-state index contributed by atoms with van der Waals surface area (Å²) in [7, 11) is 0. The number of rotatable bonds is 0. The predicted octanol–water partition coefficient (Wildman–Crippen LogP) is 3.69. The van der Waals surface area contributed by atoms with Gasteiger partial charge in [0.2, 0.25) is 0 Å². The summed E-state index contributed by atoms with van der Waals surface area (Å²) >= 11 is 0. The molecule has 78 valence electrons. The summed E-state index contributed by atoms with van der Waals surface area (Å²) in [5.41, 5.74) is 5.20. The molecule has 0 aliphatic heterocycles. The molecule has 15 heavy (non-hydrogen) atoms. The molecule has 1 aromatic carbocycles. The Hall–Kier alpha value is -0.780. The monoisotopic (exact) mass is 198 g/mol. The van der Waals surface area contributed by atoms with E-state index < -0.39 is 0 Å². The first-order chi connectivity index (χ1) is 7.43. The van der Waals surface area contributed by atoms with Crippen molar-refractivity contribution >= 4 is 0 Å². The highest BCUT2D eigenvalue weighted by atomic mass is 14.5. The smallest absolute Gasteiger partial charge is 0.00965 e. The molecule has 0 radical (unpaired) electrons. The van der Waals surface area contributed by atoms with E-state index in [4.69, 9.17) is 0 Å². The second-order valence-electron chi connectivity index (χ2n) is 5.71. The maximum absolute atomic E-state index is 2.39. The number of hydrogen-bond donors (Lipinski definition) is 0. The Bertz CT molecular complexity index is 404. The summed E-state index contributed by atoms with van der Waals surface area (Å²) in [6.07, 6.45) is 8.72. The van der Waals surface area contributed by atoms with Crippen LogP contribution in [-0.2, 0) is 12.8 Å². The number of hydrogen-bond acceptors (Lipinski definition) is 0. The molecular formula is C15H18. The lowest BCUT2D eigenvalue weighted by atomic mass is 9.66. The Labute approximate surface area is 91.7 Å². The van der Waals surface area contributed by atoms with Crippen molar-refractivity contribution in [3.05, 3.63) is 34.9 Å². The molecule has 0 spiro atoms. The molecule has 3 atom stereocenters. The van der Waals surface area contributed by atoms with Crippen LogP contribution >= 0.6 is 0 Å². The molecule has 0 saturated heterocycles. The van der Waals surface area contributed by atoms with Gasteiger partial charge in [-0.2, -0.15) is 0 Å². The average Bonchev–Trinajstić information content (AvgIpc) is 2.66. The van der Waals surface area contributed by atoms with Gasteiger partial charge in [0.25, 0.3) is 0 Å². The third-order valence-corrected chi connectivity index (χ3v) is 5.05. The van der Waals surface area contributed by atoms with E-state index in [1.54, 1.807) is 16.7 Å². The maximum Gasteiger partial charge on any atom is -0.00965 e. The average molecular weight is 198 g/mol. The Kier molecular flexibility index (Phi) is 1.60. The molecule has 1 aromatic rings. The minimum absolute atomic E-state index is 0.971. The third-order valence-electron chi connectivity index (χ3n) is 5.05. The summed E-state index contributed by atoms with van der Waals surface area (Å²) in [5, 5.41) is 0. The molecule has 0 amide bonds. The van der Waals surface area contributed by atoms with Gasteiger partial charge in [0.1, 0.15) is 0 Å². The number of aryl methyl sites for hydroxylation is 1. The molecule has 0 unspecified atom stereocenters. The Morgan fingerprint density at radius 1 is 0.933 bits per heavy atom. The zero-order valence-corrected chi connectivity index (χ0v) is 9.21. The van der Waals surface area contributed by atoms with Crippen LogP contribution in [0.1, 0.15) is 48.3 Å². The van der Waals surface area contributed by atoms with Crippen LogP contribution in [0, 0.1) is 11.8 Å². The van der Waals surface area contributed by atoms with Gasteiger partial charge >= 0.3 is 0 Å². The lowest BCUT2D eigenvalue weighted by Gasteiger charge is -2.38. The molecule has 0 bridgehead atoms. The molecule has 0 heterocycles. The van der Waals surface area contributed by atoms with E-state index >= 15 is 0 Å². The minimum Gasteiger partial charge on any atom is -0.0617 e. The molecule has 0 aromatic heterocycles. The van der Waals surface area contributed by atoms with Crippen molar-refractivity contribution in [1.82, 2.24) is 0 Å². The highest BCUT2D eigenvalue weighted by Crippen LogP contribution is 2.54. The van der Waals surface area contributed by atoms with Crippen LogP contribution in [0.3, 0.4) is 0 Å². The van der Waals surface area contributed by atoms with Crippen molar-refractivity contribution in [1.29, 1.82) is 0 Å². The van der Waals surface area contributed by atoms with Gasteiger partial charge < -0.3 is 0 Å². The Morgan fingerprint density at radius 2 is 1.80 bits per heavy atom. The van der Waals surface area contributed by atoms with E-state index in [0.29, 0.717) is 0 Å². The van der Waals surface area contributed by atoms with Crippen LogP contribution in [0.4, 0.5) is 0 Å². The molecule has 0 heteroatoms. The maximum atomic E-state index is 2.39. The lowest BCUT2D eigenvalue weighted by molar-refractivity contribution is 0.214. The van der Waals surface area contributed by atoms with E-state index in [0.717, 1.165) is 17.8 Å². The van der Waals surface area contributed by atoms with Gasteiger partial charge in [0.15, 0.2) is 0 Å². The second-order valence-corrected chi connectivity index (χ2v) is 5.71. The van der Waals surface area contributed by atoms with E-state index in [2.05, 4.69) is 18.2 Å². The van der Waals surface area contributed by atoms with E-state index in [1.807, 2.05) is 0 Å². The fourth-order valence-electron chi connectivity index (χ4n) is 4.52. The SMILES string of the molecule is c1cc2c3c(c1)C[C@@H]1CCC[C@@H](CC2)[C@@H]31. The molecule has 3 aliphatic carbocycles. The first-order valence-corrected chi connectivity index (χ1v) is 6.54. The van der Waals surface area contributed by atoms with Gasteiger partial charge in [-0.25, -0.2) is 0 Å². The second kappa shape index (κ2) is 2.87. The zero-order valence-electron chi connectivity index (χ0n) is 9.21. The van der Waals surface area contributed by atoms with Crippen LogP contribution < -0.4 is 0 Å². The minimum atomic E-state index is 0.971. The molecular weight excluding hydrogens is 180 g/mol. The fraction of sp³-hybridized carbons (Fsp3) is 0.600. The molecule has 4 rings (SSSR count). The summed E-state index contributed by atoms with van der Waals surface area (Å²) in [4.78, 5) is 0. The molecule has 0 N–H and O–H groups in total. The largest absolute Gasteiger partial charge is 0.0617 e. The van der Waals surface area contributed by atoms with Crippen molar-refractivity contribution in [3.8, 4) is 0 Å². The highest BCUT2D eigenvalue weighted by Gasteiger charge is 2.42. The molecule has 3 aliphatic rings. The van der Waals surface area contributed by atoms with E-state index in [1.165, 1.54) is 38.5 Å². The molecule has 1 saturated carbocycles. The third kappa shape index (κ3) is 1.03. The highest BCUT2D eigenvalue weighted by molar-refractivity contribution is 5.45. The first-order valence-electron chi connectivity index (χ1n) is 6.54. The standard InChI is InChI=1S/C15H18/c1-3-10-7-8-11-4-2-6-13-9-12(5-1)14(10)15(11)13/h1,3,5,11,13,15H,2,4,6-9H2/t11-,13-,15+/m0/s1. The predicted molar refractivity (Wildman–Crippen MR) is 62.0 cm³/mol. The Morgan fingerprint density at radius 3 is 2.80 bits per heavy atom. The summed E-state index contributed by atoms with van der Waals surface area (Å²) in [6.45, 7) is 0. The topological polar surface area (TPSA) is 0 Å². The first kappa shape index (κ1) is 8.38. The normalized spacial score (nSPS) is 36.4. The van der Waals surface area contributed by atoms with Crippen LogP contribution in [0.15, 0.2) is 18.2 Å². The summed E-state index contributed by atoms with van der Waals surface area (Å²) in [5.74, 6) is 3.03. The quantitative estimate of drug-likeness (QED) is 0.596. The molecule has 0 nitrogen and oxygen atoms in total. The van der Waals surface area contributed by atoms with Gasteiger partial charge in [-0.3, -0.25) is 0 Å². The van der Waals surface area contributed by atoms with Crippen LogP contribution in [0.5, 0.6) is 0 Å². The van der Waals surface area contributed by atoms with Gasteiger partial charge in [-0.05, 0) is 66.5 Å². The Balaban J connectivity index is 1.92. The van der Waals surface area contributed by atoms with Crippen LogP contribution in [-0.4, -0.2) is 0 Å². The molecule has 1 fully saturated rings. The fourth-order valence-corrected chi connectivity index (χ4v) is 4.52. The van der Waals surface area contributed by atoms with Crippen molar-refractivity contribution in [2.75, 3.05) is 0 Å². The van der Waals surface area contributed by atoms with Crippen LogP contribution in [0.25, 0.3) is 0 Å². The zero-order chi connectivity index (χ0) is 9.83. The van der Waals surface area contributed by atoms with Gasteiger partial charge in [0.05, 0.1) is 0 Å². The van der Waals surface area contributed by atoms with Crippen molar-refractivity contribution in [3.63, 3.8) is 0 Å². The summed E-state index contributed by atoms with van der Waals surface area (Å²) in [6, 6.07) is 7.05. The van der Waals surface area contributed by atoms with Crippen molar-refractivity contribution in [2.24, 2.45) is 11.8 Å². The number of benzene rings is 1. The van der Waals surface area contributed by atoms with E-state index in [9.17, 15) is 0 Å². The summed E-state index contributed by atoms with van der Waals surface area (Å²) < 4.78 is 0. The van der Waals surface area contributed by atoms with Crippen LogP contribution in [0.2, 0.25) is 0 Å². The lowest BCUT2D eigenvalue weighted by Crippen LogP contribution is -2.27. The van der Waals surface area contributed by atoms with Crippen molar-refractivity contribution < 1.29 is 0 Å². The van der Waals surface area contributed by atoms with Gasteiger partial charge in [-0.15, -0.1) is 0 Å². The van der Waals surface area contributed by atoms with Gasteiger partial charge in [0, 0.05) is 0 Å².